The number of nitrogens with zero attached hydrogens (tertiary/aromatic N) is 1. The fraction of sp³-hybridized carbons (Fsp3) is 0.625. The van der Waals surface area contributed by atoms with Gasteiger partial charge in [-0.15, -0.1) is 24.8 Å². The van der Waals surface area contributed by atoms with Gasteiger partial charge in [-0.05, 0) is 23.1 Å². The molecule has 132 valence electrons. The van der Waals surface area contributed by atoms with Gasteiger partial charge in [0.25, 0.3) is 0 Å². The summed E-state index contributed by atoms with van der Waals surface area (Å²) >= 11 is 3.73. The molecule has 2 heterocycles. The molecule has 1 aromatic carbocycles. The van der Waals surface area contributed by atoms with Crippen molar-refractivity contribution in [1.82, 2.24) is 10.2 Å². The van der Waals surface area contributed by atoms with Crippen LogP contribution in [0, 0.1) is 5.41 Å². The van der Waals surface area contributed by atoms with Crippen LogP contribution in [0.2, 0.25) is 0 Å². The third kappa shape index (κ3) is 4.45. The standard InChI is InChI=1S/C16H23BrN2O2.2ClH/c1-16(2,3)15(19-6-4-18-5-7-19)11-8-13-14(9-12(11)17)21-10-20-13;;/h8-9,15,18H,4-7,10H2,1-3H3;2*1H/t15-;;/m1../s1. The highest BCUT2D eigenvalue weighted by Crippen LogP contribution is 2.45. The van der Waals surface area contributed by atoms with Crippen molar-refractivity contribution in [1.29, 1.82) is 0 Å². The van der Waals surface area contributed by atoms with Crippen molar-refractivity contribution in [3.05, 3.63) is 22.2 Å². The molecule has 0 bridgehead atoms. The fourth-order valence-corrected chi connectivity index (χ4v) is 3.83. The van der Waals surface area contributed by atoms with Gasteiger partial charge < -0.3 is 14.8 Å². The van der Waals surface area contributed by atoms with E-state index in [-0.39, 0.29) is 30.2 Å². The third-order valence-electron chi connectivity index (χ3n) is 4.12. The molecule has 2 aliphatic rings. The molecule has 0 spiro atoms. The Hall–Kier alpha value is -0.200. The Kier molecular flexibility index (Phi) is 7.48. The molecule has 1 aromatic rings. The minimum absolute atomic E-state index is 0. The molecule has 0 aliphatic carbocycles. The van der Waals surface area contributed by atoms with Gasteiger partial charge in [0.1, 0.15) is 0 Å². The van der Waals surface area contributed by atoms with Crippen molar-refractivity contribution in [3.8, 4) is 11.5 Å². The van der Waals surface area contributed by atoms with Gasteiger partial charge in [-0.1, -0.05) is 36.7 Å². The van der Waals surface area contributed by atoms with E-state index < -0.39 is 0 Å². The lowest BCUT2D eigenvalue weighted by Crippen LogP contribution is -2.48. The number of benzene rings is 1. The van der Waals surface area contributed by atoms with Crippen molar-refractivity contribution >= 4 is 40.7 Å². The summed E-state index contributed by atoms with van der Waals surface area (Å²) < 4.78 is 12.1. The van der Waals surface area contributed by atoms with Crippen LogP contribution in [0.15, 0.2) is 16.6 Å². The zero-order valence-electron chi connectivity index (χ0n) is 13.7. The molecule has 1 fully saturated rings. The number of rotatable bonds is 2. The lowest BCUT2D eigenvalue weighted by atomic mass is 9.81. The number of hydrogen-bond donors (Lipinski definition) is 1. The van der Waals surface area contributed by atoms with E-state index in [1.54, 1.807) is 0 Å². The van der Waals surface area contributed by atoms with E-state index in [9.17, 15) is 0 Å². The van der Waals surface area contributed by atoms with Crippen LogP contribution in [0.5, 0.6) is 11.5 Å². The highest BCUT2D eigenvalue weighted by Gasteiger charge is 2.35. The van der Waals surface area contributed by atoms with Gasteiger partial charge in [-0.25, -0.2) is 0 Å². The van der Waals surface area contributed by atoms with Crippen LogP contribution in [0.3, 0.4) is 0 Å². The molecule has 1 N–H and O–H groups in total. The van der Waals surface area contributed by atoms with E-state index in [0.717, 1.165) is 42.2 Å². The molecule has 0 amide bonds. The average Bonchev–Trinajstić information content (AvgIpc) is 2.86. The fourth-order valence-electron chi connectivity index (χ4n) is 3.29. The smallest absolute Gasteiger partial charge is 0.231 e. The van der Waals surface area contributed by atoms with Crippen LogP contribution < -0.4 is 14.8 Å². The Balaban J connectivity index is 0.00000132. The Morgan fingerprint density at radius 2 is 1.65 bits per heavy atom. The summed E-state index contributed by atoms with van der Waals surface area (Å²) in [4.78, 5) is 2.57. The molecule has 1 saturated heterocycles. The van der Waals surface area contributed by atoms with E-state index in [4.69, 9.17) is 9.47 Å². The summed E-state index contributed by atoms with van der Waals surface area (Å²) in [5.74, 6) is 1.69. The maximum atomic E-state index is 5.57. The maximum absolute atomic E-state index is 5.57. The Labute approximate surface area is 159 Å². The predicted octanol–water partition coefficient (Wildman–Crippen LogP) is 4.01. The topological polar surface area (TPSA) is 33.7 Å². The second-order valence-corrected chi connectivity index (χ2v) is 7.64. The first-order chi connectivity index (χ1) is 9.97. The summed E-state index contributed by atoms with van der Waals surface area (Å²) in [6, 6.07) is 4.53. The summed E-state index contributed by atoms with van der Waals surface area (Å²) in [5, 5.41) is 3.43. The molecule has 0 saturated carbocycles. The van der Waals surface area contributed by atoms with Crippen molar-refractivity contribution in [2.75, 3.05) is 33.0 Å². The monoisotopic (exact) mass is 426 g/mol. The third-order valence-corrected chi connectivity index (χ3v) is 4.81. The SMILES string of the molecule is CC(C)(C)[C@@H](c1cc2c(cc1Br)OCO2)N1CCNCC1.Cl.Cl. The number of fused-ring (bicyclic) bond motifs is 1. The van der Waals surface area contributed by atoms with E-state index in [2.05, 4.69) is 53.0 Å². The van der Waals surface area contributed by atoms with Gasteiger partial charge in [0.05, 0.1) is 0 Å². The molecule has 23 heavy (non-hydrogen) atoms. The lowest BCUT2D eigenvalue weighted by molar-refractivity contribution is 0.0855. The number of nitrogens with one attached hydrogen (secondary N) is 1. The highest BCUT2D eigenvalue weighted by molar-refractivity contribution is 9.10. The molecule has 0 radical (unpaired) electrons. The van der Waals surface area contributed by atoms with Crippen LogP contribution in [-0.4, -0.2) is 37.9 Å². The molecular weight excluding hydrogens is 403 g/mol. The van der Waals surface area contributed by atoms with E-state index >= 15 is 0 Å². The zero-order chi connectivity index (χ0) is 15.0. The molecule has 4 nitrogen and oxygen atoms in total. The summed E-state index contributed by atoms with van der Waals surface area (Å²) in [7, 11) is 0. The molecule has 0 aromatic heterocycles. The van der Waals surface area contributed by atoms with E-state index in [1.165, 1.54) is 5.56 Å². The van der Waals surface area contributed by atoms with E-state index in [0.29, 0.717) is 12.8 Å². The van der Waals surface area contributed by atoms with Gasteiger partial charge in [-0.2, -0.15) is 0 Å². The van der Waals surface area contributed by atoms with Crippen LogP contribution in [-0.2, 0) is 0 Å². The van der Waals surface area contributed by atoms with Gasteiger partial charge in [0.15, 0.2) is 11.5 Å². The van der Waals surface area contributed by atoms with Crippen LogP contribution in [0.1, 0.15) is 32.4 Å². The molecule has 0 unspecified atom stereocenters. The number of piperazine rings is 1. The van der Waals surface area contributed by atoms with E-state index in [1.807, 2.05) is 6.07 Å². The number of halogens is 3. The largest absolute Gasteiger partial charge is 0.454 e. The first-order valence-electron chi connectivity index (χ1n) is 7.50. The normalized spacial score (nSPS) is 18.8. The Morgan fingerprint density at radius 1 is 1.09 bits per heavy atom. The van der Waals surface area contributed by atoms with Gasteiger partial charge in [0, 0.05) is 36.7 Å². The van der Waals surface area contributed by atoms with Crippen molar-refractivity contribution in [2.24, 2.45) is 5.41 Å². The van der Waals surface area contributed by atoms with Crippen LogP contribution in [0.4, 0.5) is 0 Å². The minimum atomic E-state index is 0. The molecule has 7 heteroatoms. The molecule has 2 aliphatic heterocycles. The summed E-state index contributed by atoms with van der Waals surface area (Å²) in [6.45, 7) is 11.5. The summed E-state index contributed by atoms with van der Waals surface area (Å²) in [6.07, 6.45) is 0. The van der Waals surface area contributed by atoms with Crippen molar-refractivity contribution in [2.45, 2.75) is 26.8 Å². The second kappa shape index (κ2) is 8.26. The predicted molar refractivity (Wildman–Crippen MR) is 101 cm³/mol. The maximum Gasteiger partial charge on any atom is 0.231 e. The minimum Gasteiger partial charge on any atom is -0.454 e. The molecule has 3 rings (SSSR count). The average molecular weight is 428 g/mol. The second-order valence-electron chi connectivity index (χ2n) is 6.78. The van der Waals surface area contributed by atoms with Gasteiger partial charge >= 0.3 is 0 Å². The number of hydrogen-bond acceptors (Lipinski definition) is 4. The summed E-state index contributed by atoms with van der Waals surface area (Å²) in [5.41, 5.74) is 1.43. The molecule has 1 atom stereocenters. The number of ether oxygens (including phenoxy) is 2. The first kappa shape index (κ1) is 20.8. The van der Waals surface area contributed by atoms with Gasteiger partial charge in [0.2, 0.25) is 6.79 Å². The van der Waals surface area contributed by atoms with Crippen molar-refractivity contribution in [3.63, 3.8) is 0 Å². The van der Waals surface area contributed by atoms with Crippen LogP contribution >= 0.6 is 40.7 Å². The quantitative estimate of drug-likeness (QED) is 0.772. The Morgan fingerprint density at radius 3 is 2.22 bits per heavy atom. The lowest BCUT2D eigenvalue weighted by Gasteiger charge is -2.43. The highest BCUT2D eigenvalue weighted by atomic mass is 79.9. The molecular formula is C16H25BrCl2N2O2. The van der Waals surface area contributed by atoms with Crippen molar-refractivity contribution < 1.29 is 9.47 Å². The first-order valence-corrected chi connectivity index (χ1v) is 8.30. The zero-order valence-corrected chi connectivity index (χ0v) is 16.9. The van der Waals surface area contributed by atoms with Crippen LogP contribution in [0.25, 0.3) is 0 Å². The Bertz CT molecular complexity index is 532. The van der Waals surface area contributed by atoms with Gasteiger partial charge in [-0.3, -0.25) is 4.90 Å².